The van der Waals surface area contributed by atoms with E-state index in [1.165, 1.54) is 11.1 Å². The van der Waals surface area contributed by atoms with E-state index in [0.29, 0.717) is 24.7 Å². The summed E-state index contributed by atoms with van der Waals surface area (Å²) in [6.45, 7) is 0.624. The number of carbonyl (C=O) groups is 2. The molecule has 1 aromatic heterocycles. The van der Waals surface area contributed by atoms with Gasteiger partial charge in [0.25, 0.3) is 0 Å². The zero-order valence-electron chi connectivity index (χ0n) is 17.1. The number of nitrogens with one attached hydrogen (secondary N) is 2. The fraction of sp³-hybridized carbons (Fsp3) is 0.240. The predicted molar refractivity (Wildman–Crippen MR) is 120 cm³/mol. The Morgan fingerprint density at radius 1 is 0.968 bits per heavy atom. The summed E-state index contributed by atoms with van der Waals surface area (Å²) in [5.74, 6) is 1.05. The van der Waals surface area contributed by atoms with Crippen molar-refractivity contribution in [3.8, 4) is 0 Å². The zero-order chi connectivity index (χ0) is 21.2. The van der Waals surface area contributed by atoms with Gasteiger partial charge in [0.05, 0.1) is 0 Å². The number of urea groups is 1. The SMILES string of the molecule is O=C(Nc1cc(N2CC(c3ccccc3)CC2=O)ccn1)N[C@@H]1C[C@H]1c1ccccc1. The highest BCUT2D eigenvalue weighted by atomic mass is 16.2. The average Bonchev–Trinajstić information content (AvgIpc) is 3.45. The lowest BCUT2D eigenvalue weighted by Gasteiger charge is -2.18. The first-order valence-electron chi connectivity index (χ1n) is 10.6. The van der Waals surface area contributed by atoms with E-state index in [0.717, 1.165) is 12.1 Å². The molecular formula is C25H24N4O2. The van der Waals surface area contributed by atoms with Gasteiger partial charge in [0.2, 0.25) is 5.91 Å². The second-order valence-corrected chi connectivity index (χ2v) is 8.17. The first-order valence-corrected chi connectivity index (χ1v) is 10.6. The predicted octanol–water partition coefficient (Wildman–Crippen LogP) is 4.28. The molecule has 1 aliphatic carbocycles. The van der Waals surface area contributed by atoms with E-state index >= 15 is 0 Å². The maximum absolute atomic E-state index is 12.6. The van der Waals surface area contributed by atoms with Gasteiger partial charge in [-0.2, -0.15) is 0 Å². The van der Waals surface area contributed by atoms with Crippen molar-refractivity contribution in [2.45, 2.75) is 30.7 Å². The molecule has 0 bridgehead atoms. The molecule has 1 unspecified atom stereocenters. The van der Waals surface area contributed by atoms with Gasteiger partial charge in [-0.1, -0.05) is 60.7 Å². The molecule has 3 amide bonds. The topological polar surface area (TPSA) is 74.3 Å². The molecule has 3 aromatic rings. The molecule has 156 valence electrons. The van der Waals surface area contributed by atoms with Crippen LogP contribution in [0.1, 0.15) is 35.8 Å². The lowest BCUT2D eigenvalue weighted by atomic mass is 9.99. The summed E-state index contributed by atoms with van der Waals surface area (Å²) in [5.41, 5.74) is 3.17. The second-order valence-electron chi connectivity index (χ2n) is 8.17. The fourth-order valence-corrected chi connectivity index (χ4v) is 4.31. The molecule has 3 atom stereocenters. The van der Waals surface area contributed by atoms with Crippen LogP contribution < -0.4 is 15.5 Å². The molecule has 1 aliphatic heterocycles. The van der Waals surface area contributed by atoms with Gasteiger partial charge in [0.1, 0.15) is 5.82 Å². The van der Waals surface area contributed by atoms with E-state index in [4.69, 9.17) is 0 Å². The summed E-state index contributed by atoms with van der Waals surface area (Å²) in [5, 5.41) is 5.81. The van der Waals surface area contributed by atoms with Crippen molar-refractivity contribution < 1.29 is 9.59 Å². The van der Waals surface area contributed by atoms with Gasteiger partial charge in [-0.15, -0.1) is 0 Å². The Morgan fingerprint density at radius 3 is 2.42 bits per heavy atom. The van der Waals surface area contributed by atoms with Crippen LogP contribution in [0.3, 0.4) is 0 Å². The summed E-state index contributed by atoms with van der Waals surface area (Å²) in [4.78, 5) is 31.1. The van der Waals surface area contributed by atoms with Crippen molar-refractivity contribution in [1.82, 2.24) is 10.3 Å². The molecule has 5 rings (SSSR count). The number of aromatic nitrogens is 1. The van der Waals surface area contributed by atoms with Gasteiger partial charge in [0.15, 0.2) is 0 Å². The van der Waals surface area contributed by atoms with Crippen LogP contribution in [0.25, 0.3) is 0 Å². The van der Waals surface area contributed by atoms with Gasteiger partial charge in [0, 0.05) is 48.8 Å². The number of pyridine rings is 1. The monoisotopic (exact) mass is 412 g/mol. The van der Waals surface area contributed by atoms with Crippen LogP contribution in [0.4, 0.5) is 16.3 Å². The van der Waals surface area contributed by atoms with Crippen molar-refractivity contribution in [3.05, 3.63) is 90.1 Å². The highest BCUT2D eigenvalue weighted by Crippen LogP contribution is 2.40. The number of benzene rings is 2. The highest BCUT2D eigenvalue weighted by molar-refractivity contribution is 5.97. The summed E-state index contributed by atoms with van der Waals surface area (Å²) >= 11 is 0. The Labute approximate surface area is 181 Å². The summed E-state index contributed by atoms with van der Waals surface area (Å²) in [6.07, 6.45) is 3.05. The fourth-order valence-electron chi connectivity index (χ4n) is 4.31. The Balaban J connectivity index is 1.21. The third kappa shape index (κ3) is 4.28. The van der Waals surface area contributed by atoms with Crippen LogP contribution in [0, 0.1) is 0 Å². The number of anilines is 2. The standard InChI is InChI=1S/C25H24N4O2/c30-24-13-19(17-7-3-1-4-8-17)16-29(24)20-11-12-26-23(14-20)28-25(31)27-22-15-21(22)18-9-5-2-6-10-18/h1-12,14,19,21-22H,13,15-16H2,(H2,26,27,28,31)/t19?,21-,22+/m0/s1. The lowest BCUT2D eigenvalue weighted by Crippen LogP contribution is -2.31. The number of hydrogen-bond acceptors (Lipinski definition) is 3. The van der Waals surface area contributed by atoms with E-state index in [1.54, 1.807) is 23.2 Å². The molecule has 2 N–H and O–H groups in total. The second kappa shape index (κ2) is 8.22. The molecule has 6 heteroatoms. The largest absolute Gasteiger partial charge is 0.334 e. The minimum absolute atomic E-state index is 0.0825. The maximum atomic E-state index is 12.6. The van der Waals surface area contributed by atoms with Crippen molar-refractivity contribution in [3.63, 3.8) is 0 Å². The van der Waals surface area contributed by atoms with Crippen molar-refractivity contribution in [2.24, 2.45) is 0 Å². The highest BCUT2D eigenvalue weighted by Gasteiger charge is 2.39. The minimum atomic E-state index is -0.275. The quantitative estimate of drug-likeness (QED) is 0.657. The zero-order valence-corrected chi connectivity index (χ0v) is 17.1. The van der Waals surface area contributed by atoms with Gasteiger partial charge in [-0.05, 0) is 23.6 Å². The van der Waals surface area contributed by atoms with Crippen LogP contribution in [-0.4, -0.2) is 29.5 Å². The molecule has 2 aromatic carbocycles. The van der Waals surface area contributed by atoms with Crippen molar-refractivity contribution in [2.75, 3.05) is 16.8 Å². The van der Waals surface area contributed by atoms with E-state index < -0.39 is 0 Å². The molecule has 1 saturated carbocycles. The van der Waals surface area contributed by atoms with E-state index in [2.05, 4.69) is 39.9 Å². The summed E-state index contributed by atoms with van der Waals surface area (Å²) in [7, 11) is 0. The molecule has 2 fully saturated rings. The van der Waals surface area contributed by atoms with E-state index in [1.807, 2.05) is 36.4 Å². The maximum Gasteiger partial charge on any atom is 0.320 e. The molecule has 2 heterocycles. The van der Waals surface area contributed by atoms with Gasteiger partial charge >= 0.3 is 6.03 Å². The normalized spacial score (nSPS) is 22.3. The molecule has 31 heavy (non-hydrogen) atoms. The van der Waals surface area contributed by atoms with E-state index in [9.17, 15) is 9.59 Å². The van der Waals surface area contributed by atoms with Crippen LogP contribution >= 0.6 is 0 Å². The minimum Gasteiger partial charge on any atom is -0.334 e. The molecule has 2 aliphatic rings. The molecular weight excluding hydrogens is 388 g/mol. The van der Waals surface area contributed by atoms with Crippen molar-refractivity contribution >= 4 is 23.4 Å². The van der Waals surface area contributed by atoms with Crippen LogP contribution in [-0.2, 0) is 4.79 Å². The Morgan fingerprint density at radius 2 is 1.68 bits per heavy atom. The Hall–Kier alpha value is -3.67. The van der Waals surface area contributed by atoms with Gasteiger partial charge in [-0.25, -0.2) is 9.78 Å². The third-order valence-corrected chi connectivity index (χ3v) is 6.03. The molecule has 0 radical (unpaired) electrons. The summed E-state index contributed by atoms with van der Waals surface area (Å²) in [6, 6.07) is 23.7. The number of amides is 3. The molecule has 0 spiro atoms. The first-order chi connectivity index (χ1) is 15.2. The molecule has 1 saturated heterocycles. The summed E-state index contributed by atoms with van der Waals surface area (Å²) < 4.78 is 0. The average molecular weight is 412 g/mol. The smallest absolute Gasteiger partial charge is 0.320 e. The van der Waals surface area contributed by atoms with Crippen LogP contribution in [0.2, 0.25) is 0 Å². The number of carbonyl (C=O) groups excluding carboxylic acids is 2. The number of nitrogens with zero attached hydrogens (tertiary/aromatic N) is 2. The number of rotatable bonds is 5. The number of hydrogen-bond donors (Lipinski definition) is 2. The third-order valence-electron chi connectivity index (χ3n) is 6.03. The van der Waals surface area contributed by atoms with Gasteiger partial charge < -0.3 is 10.2 Å². The molecule has 6 nitrogen and oxygen atoms in total. The van der Waals surface area contributed by atoms with Gasteiger partial charge in [-0.3, -0.25) is 10.1 Å². The lowest BCUT2D eigenvalue weighted by molar-refractivity contribution is -0.117. The first kappa shape index (κ1) is 19.3. The Kier molecular flexibility index (Phi) is 5.12. The van der Waals surface area contributed by atoms with Crippen LogP contribution in [0.5, 0.6) is 0 Å². The Bertz CT molecular complexity index is 1090. The van der Waals surface area contributed by atoms with Crippen LogP contribution in [0.15, 0.2) is 79.0 Å². The van der Waals surface area contributed by atoms with E-state index in [-0.39, 0.29) is 23.9 Å². The van der Waals surface area contributed by atoms with Crippen molar-refractivity contribution in [1.29, 1.82) is 0 Å².